The van der Waals surface area contributed by atoms with Crippen LogP contribution < -0.4 is 10.1 Å². The lowest BCUT2D eigenvalue weighted by atomic mass is 10.1. The molecule has 1 aliphatic heterocycles. The molecule has 0 amide bonds. The minimum Gasteiger partial charge on any atom is -0.497 e. The van der Waals surface area contributed by atoms with Crippen LogP contribution in [0.1, 0.15) is 25.5 Å². The SMILES string of the molecule is CCNC(=NCC(O)c1ccc(OC)cc1)N1CCN(C(C)C(F)(F)F)CC1.I. The second-order valence-electron chi connectivity index (χ2n) is 6.72. The molecule has 0 aromatic heterocycles. The predicted molar refractivity (Wildman–Crippen MR) is 118 cm³/mol. The van der Waals surface area contributed by atoms with Crippen LogP contribution in [0.4, 0.5) is 13.2 Å². The zero-order valence-corrected chi connectivity index (χ0v) is 19.3. The summed E-state index contributed by atoms with van der Waals surface area (Å²) in [5.74, 6) is 1.31. The molecular weight excluding hydrogens is 500 g/mol. The number of rotatable bonds is 6. The monoisotopic (exact) mass is 530 g/mol. The number of nitrogens with one attached hydrogen (secondary N) is 1. The number of benzene rings is 1. The highest BCUT2D eigenvalue weighted by Gasteiger charge is 2.41. The molecule has 0 spiro atoms. The molecule has 1 saturated heterocycles. The summed E-state index contributed by atoms with van der Waals surface area (Å²) < 4.78 is 43.8. The maximum atomic E-state index is 12.9. The molecule has 166 valence electrons. The summed E-state index contributed by atoms with van der Waals surface area (Å²) in [5, 5.41) is 13.5. The summed E-state index contributed by atoms with van der Waals surface area (Å²) in [4.78, 5) is 7.86. The van der Waals surface area contributed by atoms with Gasteiger partial charge in [-0.15, -0.1) is 24.0 Å². The summed E-state index contributed by atoms with van der Waals surface area (Å²) in [7, 11) is 1.58. The second kappa shape index (κ2) is 11.8. The van der Waals surface area contributed by atoms with Gasteiger partial charge < -0.3 is 20.1 Å². The Hall–Kier alpha value is -1.27. The third kappa shape index (κ3) is 7.49. The number of methoxy groups -OCH3 is 1. The third-order valence-electron chi connectivity index (χ3n) is 4.88. The van der Waals surface area contributed by atoms with Crippen molar-refractivity contribution in [3.05, 3.63) is 29.8 Å². The lowest BCUT2D eigenvalue weighted by molar-refractivity contribution is -0.181. The molecule has 6 nitrogen and oxygen atoms in total. The first-order valence-corrected chi connectivity index (χ1v) is 9.42. The van der Waals surface area contributed by atoms with E-state index in [9.17, 15) is 18.3 Å². The minimum absolute atomic E-state index is 0. The normalized spacial score (nSPS) is 18.0. The van der Waals surface area contributed by atoms with E-state index in [1.165, 1.54) is 11.8 Å². The number of halogens is 4. The third-order valence-corrected chi connectivity index (χ3v) is 4.88. The van der Waals surface area contributed by atoms with Crippen molar-refractivity contribution in [2.24, 2.45) is 4.99 Å². The van der Waals surface area contributed by atoms with Crippen molar-refractivity contribution >= 4 is 29.9 Å². The van der Waals surface area contributed by atoms with Crippen LogP contribution in [0.25, 0.3) is 0 Å². The minimum atomic E-state index is -4.22. The zero-order chi connectivity index (χ0) is 20.7. The molecule has 2 N–H and O–H groups in total. The summed E-state index contributed by atoms with van der Waals surface area (Å²) in [5.41, 5.74) is 0.726. The molecule has 1 heterocycles. The van der Waals surface area contributed by atoms with Crippen LogP contribution in [0.5, 0.6) is 5.75 Å². The quantitative estimate of drug-likeness (QED) is 0.337. The number of alkyl halides is 3. The van der Waals surface area contributed by atoms with E-state index in [0.29, 0.717) is 44.4 Å². The fraction of sp³-hybridized carbons (Fsp3) is 0.632. The van der Waals surface area contributed by atoms with Gasteiger partial charge in [0.15, 0.2) is 5.96 Å². The van der Waals surface area contributed by atoms with Crippen molar-refractivity contribution in [3.8, 4) is 5.75 Å². The van der Waals surface area contributed by atoms with E-state index in [1.807, 2.05) is 11.8 Å². The van der Waals surface area contributed by atoms with Gasteiger partial charge in [-0.3, -0.25) is 9.89 Å². The topological polar surface area (TPSA) is 60.3 Å². The molecule has 1 fully saturated rings. The van der Waals surface area contributed by atoms with Crippen LogP contribution in [0.3, 0.4) is 0 Å². The highest BCUT2D eigenvalue weighted by atomic mass is 127. The van der Waals surface area contributed by atoms with Gasteiger partial charge in [0.25, 0.3) is 0 Å². The molecule has 2 atom stereocenters. The van der Waals surface area contributed by atoms with Gasteiger partial charge >= 0.3 is 6.18 Å². The van der Waals surface area contributed by atoms with Gasteiger partial charge in [-0.2, -0.15) is 13.2 Å². The Bertz CT molecular complexity index is 635. The Kier molecular flexibility index (Phi) is 10.5. The predicted octanol–water partition coefficient (Wildman–Crippen LogP) is 2.88. The number of piperazine rings is 1. The van der Waals surface area contributed by atoms with E-state index >= 15 is 0 Å². The summed E-state index contributed by atoms with van der Waals surface area (Å²) in [6, 6.07) is 5.65. The number of aliphatic hydroxyl groups excluding tert-OH is 1. The Morgan fingerprint density at radius 2 is 1.79 bits per heavy atom. The molecule has 0 saturated carbocycles. The van der Waals surface area contributed by atoms with Gasteiger partial charge in [-0.25, -0.2) is 0 Å². The molecule has 1 aromatic rings. The van der Waals surface area contributed by atoms with E-state index < -0.39 is 18.3 Å². The number of ether oxygens (including phenoxy) is 1. The van der Waals surface area contributed by atoms with Crippen molar-refractivity contribution in [2.45, 2.75) is 32.2 Å². The average Bonchev–Trinajstić information content (AvgIpc) is 2.70. The standard InChI is InChI=1S/C19H29F3N4O2.HI/c1-4-23-18(24-13-17(27)15-5-7-16(28-3)8-6-15)26-11-9-25(10-12-26)14(2)19(20,21)22;/h5-8,14,17,27H,4,9-13H2,1-3H3,(H,23,24);1H. The van der Waals surface area contributed by atoms with E-state index in [2.05, 4.69) is 10.3 Å². The number of guanidine groups is 1. The lowest BCUT2D eigenvalue weighted by Gasteiger charge is -2.39. The van der Waals surface area contributed by atoms with Crippen molar-refractivity contribution in [1.82, 2.24) is 15.1 Å². The van der Waals surface area contributed by atoms with E-state index in [1.54, 1.807) is 31.4 Å². The molecule has 1 aromatic carbocycles. The molecule has 2 unspecified atom stereocenters. The van der Waals surface area contributed by atoms with Crippen LogP contribution >= 0.6 is 24.0 Å². The second-order valence-corrected chi connectivity index (χ2v) is 6.72. The molecule has 0 aliphatic carbocycles. The van der Waals surface area contributed by atoms with Crippen molar-refractivity contribution in [2.75, 3.05) is 46.4 Å². The van der Waals surface area contributed by atoms with Crippen LogP contribution in [0.15, 0.2) is 29.3 Å². The lowest BCUT2D eigenvalue weighted by Crippen LogP contribution is -2.56. The molecular formula is C19H30F3IN4O2. The summed E-state index contributed by atoms with van der Waals surface area (Å²) in [6.07, 6.45) is -4.99. The molecule has 29 heavy (non-hydrogen) atoms. The van der Waals surface area contributed by atoms with Crippen LogP contribution in [0.2, 0.25) is 0 Å². The molecule has 0 bridgehead atoms. The molecule has 2 rings (SSSR count). The first-order valence-electron chi connectivity index (χ1n) is 9.42. The van der Waals surface area contributed by atoms with Gasteiger partial charge in [0.2, 0.25) is 0 Å². The van der Waals surface area contributed by atoms with Crippen molar-refractivity contribution in [1.29, 1.82) is 0 Å². The van der Waals surface area contributed by atoms with E-state index in [4.69, 9.17) is 4.74 Å². The largest absolute Gasteiger partial charge is 0.497 e. The summed E-state index contributed by atoms with van der Waals surface area (Å²) in [6.45, 7) is 5.44. The molecule has 10 heteroatoms. The first kappa shape index (κ1) is 25.8. The Morgan fingerprint density at radius 3 is 2.28 bits per heavy atom. The van der Waals surface area contributed by atoms with Gasteiger partial charge in [0, 0.05) is 32.7 Å². The Balaban J connectivity index is 0.00000420. The molecule has 0 radical (unpaired) electrons. The van der Waals surface area contributed by atoms with Crippen LogP contribution in [-0.2, 0) is 0 Å². The van der Waals surface area contributed by atoms with Gasteiger partial charge in [0.1, 0.15) is 11.8 Å². The van der Waals surface area contributed by atoms with E-state index in [-0.39, 0.29) is 30.5 Å². The van der Waals surface area contributed by atoms with E-state index in [0.717, 1.165) is 5.56 Å². The van der Waals surface area contributed by atoms with Crippen LogP contribution in [0, 0.1) is 0 Å². The Morgan fingerprint density at radius 1 is 1.21 bits per heavy atom. The highest BCUT2D eigenvalue weighted by molar-refractivity contribution is 14.0. The zero-order valence-electron chi connectivity index (χ0n) is 16.9. The Labute approximate surface area is 187 Å². The van der Waals surface area contributed by atoms with Crippen LogP contribution in [-0.4, -0.2) is 79.5 Å². The smallest absolute Gasteiger partial charge is 0.403 e. The highest BCUT2D eigenvalue weighted by Crippen LogP contribution is 2.25. The average molecular weight is 530 g/mol. The number of hydrogen-bond acceptors (Lipinski definition) is 4. The van der Waals surface area contributed by atoms with Crippen molar-refractivity contribution in [3.63, 3.8) is 0 Å². The van der Waals surface area contributed by atoms with Gasteiger partial charge in [-0.05, 0) is 31.5 Å². The number of aliphatic imine (C=N–C) groups is 1. The maximum Gasteiger partial charge on any atom is 0.403 e. The first-order chi connectivity index (χ1) is 13.3. The van der Waals surface area contributed by atoms with Gasteiger partial charge in [-0.1, -0.05) is 12.1 Å². The maximum absolute atomic E-state index is 12.9. The van der Waals surface area contributed by atoms with Gasteiger partial charge in [0.05, 0.1) is 19.8 Å². The number of aliphatic hydroxyl groups is 1. The van der Waals surface area contributed by atoms with Crippen molar-refractivity contribution < 1.29 is 23.0 Å². The number of hydrogen-bond donors (Lipinski definition) is 2. The fourth-order valence-electron chi connectivity index (χ4n) is 3.06. The fourth-order valence-corrected chi connectivity index (χ4v) is 3.06. The molecule has 1 aliphatic rings. The number of nitrogens with zero attached hydrogens (tertiary/aromatic N) is 3. The summed E-state index contributed by atoms with van der Waals surface area (Å²) >= 11 is 0.